The second-order valence-corrected chi connectivity index (χ2v) is 10.2. The molecule has 3 aromatic carbocycles. The quantitative estimate of drug-likeness (QED) is 0.199. The van der Waals surface area contributed by atoms with Gasteiger partial charge in [-0.2, -0.15) is 0 Å². The number of rotatable bonds is 10. The van der Waals surface area contributed by atoms with Crippen molar-refractivity contribution in [2.75, 3.05) is 18.2 Å². The van der Waals surface area contributed by atoms with Gasteiger partial charge in [-0.15, -0.1) is 0 Å². The number of hydrogen-bond acceptors (Lipinski definition) is 6. The van der Waals surface area contributed by atoms with Crippen LogP contribution in [0.4, 0.5) is 5.69 Å². The fourth-order valence-electron chi connectivity index (χ4n) is 4.17. The van der Waals surface area contributed by atoms with Crippen molar-refractivity contribution < 1.29 is 14.3 Å². The molecule has 7 nitrogen and oxygen atoms in total. The summed E-state index contributed by atoms with van der Waals surface area (Å²) >= 11 is 1.27. The molecular weight excluding hydrogens is 508 g/mol. The number of aryl methyl sites for hydroxylation is 3. The first-order chi connectivity index (χ1) is 18.8. The second kappa shape index (κ2) is 13.1. The third kappa shape index (κ3) is 7.67. The summed E-state index contributed by atoms with van der Waals surface area (Å²) in [5.74, 6) is 0.282. The van der Waals surface area contributed by atoms with Gasteiger partial charge in [0.15, 0.2) is 5.16 Å². The van der Waals surface area contributed by atoms with Gasteiger partial charge in [0.25, 0.3) is 5.91 Å². The van der Waals surface area contributed by atoms with Gasteiger partial charge in [-0.3, -0.25) is 9.59 Å². The molecule has 0 bridgehead atoms. The van der Waals surface area contributed by atoms with Gasteiger partial charge < -0.3 is 15.0 Å². The van der Waals surface area contributed by atoms with E-state index in [2.05, 4.69) is 15.3 Å². The van der Waals surface area contributed by atoms with Crippen molar-refractivity contribution in [3.05, 3.63) is 113 Å². The third-order valence-electron chi connectivity index (χ3n) is 6.11. The van der Waals surface area contributed by atoms with E-state index in [1.807, 2.05) is 81.4 Å². The zero-order valence-corrected chi connectivity index (χ0v) is 23.4. The van der Waals surface area contributed by atoms with Gasteiger partial charge in [0.2, 0.25) is 5.91 Å². The maximum atomic E-state index is 13.9. The molecule has 0 aliphatic rings. The number of anilines is 1. The maximum absolute atomic E-state index is 13.9. The predicted molar refractivity (Wildman–Crippen MR) is 155 cm³/mol. The third-order valence-corrected chi connectivity index (χ3v) is 6.95. The summed E-state index contributed by atoms with van der Waals surface area (Å²) in [5.41, 5.74) is 5.07. The lowest BCUT2D eigenvalue weighted by Crippen LogP contribution is -2.41. The van der Waals surface area contributed by atoms with Gasteiger partial charge in [-0.1, -0.05) is 71.9 Å². The van der Waals surface area contributed by atoms with Gasteiger partial charge in [-0.25, -0.2) is 9.97 Å². The highest BCUT2D eigenvalue weighted by molar-refractivity contribution is 7.99. The van der Waals surface area contributed by atoms with Crippen molar-refractivity contribution in [3.63, 3.8) is 0 Å². The fraction of sp³-hybridized carbons (Fsp3) is 0.226. The molecule has 0 unspecified atom stereocenters. The first-order valence-corrected chi connectivity index (χ1v) is 13.6. The molecule has 2 amide bonds. The molecule has 4 aromatic rings. The number of methoxy groups -OCH3 is 1. The zero-order chi connectivity index (χ0) is 27.8. The van der Waals surface area contributed by atoms with Crippen LogP contribution in [0.5, 0.6) is 5.75 Å². The highest BCUT2D eigenvalue weighted by Gasteiger charge is 2.32. The average Bonchev–Trinajstić information content (AvgIpc) is 2.93. The Hall–Kier alpha value is -4.17. The van der Waals surface area contributed by atoms with Crippen LogP contribution in [0.25, 0.3) is 0 Å². The van der Waals surface area contributed by atoms with Crippen molar-refractivity contribution in [2.45, 2.75) is 38.5 Å². The smallest absolute Gasteiger partial charge is 0.251 e. The van der Waals surface area contributed by atoms with Crippen LogP contribution in [0.2, 0.25) is 0 Å². The fourth-order valence-corrected chi connectivity index (χ4v) is 5.01. The number of amides is 2. The molecule has 0 aliphatic heterocycles. The highest BCUT2D eigenvalue weighted by atomic mass is 32.2. The van der Waals surface area contributed by atoms with Crippen LogP contribution in [0.3, 0.4) is 0 Å². The number of aromatic nitrogens is 2. The van der Waals surface area contributed by atoms with Crippen molar-refractivity contribution in [2.24, 2.45) is 0 Å². The molecule has 4 rings (SSSR count). The summed E-state index contributed by atoms with van der Waals surface area (Å²) in [5, 5.41) is 3.53. The van der Waals surface area contributed by atoms with Gasteiger partial charge in [0, 0.05) is 23.6 Å². The van der Waals surface area contributed by atoms with Crippen LogP contribution < -0.4 is 10.1 Å². The molecule has 0 saturated carbocycles. The summed E-state index contributed by atoms with van der Waals surface area (Å²) < 4.78 is 5.24. The molecule has 8 heteroatoms. The molecule has 1 aromatic heterocycles. The Labute approximate surface area is 233 Å². The van der Waals surface area contributed by atoms with Crippen LogP contribution in [0, 0.1) is 20.8 Å². The molecule has 39 heavy (non-hydrogen) atoms. The van der Waals surface area contributed by atoms with Crippen LogP contribution >= 0.6 is 11.8 Å². The van der Waals surface area contributed by atoms with Crippen LogP contribution in [0.1, 0.15) is 34.1 Å². The number of carbonyl (C=O) groups is 2. The lowest BCUT2D eigenvalue weighted by atomic mass is 10.0. The van der Waals surface area contributed by atoms with E-state index in [9.17, 15) is 9.59 Å². The molecule has 1 N–H and O–H groups in total. The van der Waals surface area contributed by atoms with Crippen molar-refractivity contribution in [1.29, 1.82) is 0 Å². The average molecular weight is 541 g/mol. The lowest BCUT2D eigenvalue weighted by Gasteiger charge is -2.31. The molecule has 0 saturated heterocycles. The molecule has 200 valence electrons. The Morgan fingerprint density at radius 3 is 2.15 bits per heavy atom. The number of thioether (sulfide) groups is 1. The summed E-state index contributed by atoms with van der Waals surface area (Å²) in [6, 6.07) is 25.5. The van der Waals surface area contributed by atoms with Crippen molar-refractivity contribution in [1.82, 2.24) is 14.9 Å². The van der Waals surface area contributed by atoms with E-state index in [-0.39, 0.29) is 24.1 Å². The largest absolute Gasteiger partial charge is 0.497 e. The Morgan fingerprint density at radius 1 is 0.897 bits per heavy atom. The zero-order valence-electron chi connectivity index (χ0n) is 22.5. The molecule has 0 fully saturated rings. The van der Waals surface area contributed by atoms with Gasteiger partial charge in [0.05, 0.1) is 12.9 Å². The minimum Gasteiger partial charge on any atom is -0.497 e. The van der Waals surface area contributed by atoms with Crippen LogP contribution in [0.15, 0.2) is 90.1 Å². The molecule has 0 aliphatic carbocycles. The minimum atomic E-state index is -0.858. The normalized spacial score (nSPS) is 11.5. The summed E-state index contributed by atoms with van der Waals surface area (Å²) in [6.45, 7) is 6.09. The van der Waals surface area contributed by atoms with E-state index in [0.717, 1.165) is 28.1 Å². The number of carbonyl (C=O) groups excluding carboxylic acids is 2. The minimum absolute atomic E-state index is 0.0912. The summed E-state index contributed by atoms with van der Waals surface area (Å²) in [7, 11) is 1.59. The SMILES string of the molecule is COc1ccc(NC(=O)[C@@H](c2ccccc2)N(Cc2ccc(C)cc2)C(=O)CSc2nc(C)cc(C)n2)cc1. The molecule has 0 radical (unpaired) electrons. The molecule has 0 spiro atoms. The predicted octanol–water partition coefficient (Wildman–Crippen LogP) is 5.91. The van der Waals surface area contributed by atoms with Gasteiger partial charge in [-0.05, 0) is 62.2 Å². The maximum Gasteiger partial charge on any atom is 0.251 e. The number of ether oxygens (including phenoxy) is 1. The number of nitrogens with one attached hydrogen (secondary N) is 1. The molecule has 1 heterocycles. The Kier molecular flexibility index (Phi) is 9.33. The van der Waals surface area contributed by atoms with E-state index in [1.54, 1.807) is 36.3 Å². The topological polar surface area (TPSA) is 84.4 Å². The van der Waals surface area contributed by atoms with Gasteiger partial charge >= 0.3 is 0 Å². The van der Waals surface area contributed by atoms with Crippen LogP contribution in [-0.4, -0.2) is 39.5 Å². The first-order valence-electron chi connectivity index (χ1n) is 12.6. The van der Waals surface area contributed by atoms with E-state index in [1.165, 1.54) is 11.8 Å². The Balaban J connectivity index is 1.67. The molecule has 1 atom stereocenters. The Morgan fingerprint density at radius 2 is 1.54 bits per heavy atom. The van der Waals surface area contributed by atoms with E-state index < -0.39 is 6.04 Å². The number of nitrogens with zero attached hydrogens (tertiary/aromatic N) is 3. The van der Waals surface area contributed by atoms with Crippen LogP contribution in [-0.2, 0) is 16.1 Å². The van der Waals surface area contributed by atoms with E-state index >= 15 is 0 Å². The van der Waals surface area contributed by atoms with Crippen molar-refractivity contribution in [3.8, 4) is 5.75 Å². The Bertz CT molecular complexity index is 1390. The molecular formula is C31H32N4O3S. The van der Waals surface area contributed by atoms with E-state index in [4.69, 9.17) is 4.74 Å². The number of benzene rings is 3. The monoisotopic (exact) mass is 540 g/mol. The summed E-state index contributed by atoms with van der Waals surface area (Å²) in [6.07, 6.45) is 0. The summed E-state index contributed by atoms with van der Waals surface area (Å²) in [4.78, 5) is 38.3. The van der Waals surface area contributed by atoms with E-state index in [0.29, 0.717) is 16.6 Å². The van der Waals surface area contributed by atoms with Crippen molar-refractivity contribution >= 4 is 29.3 Å². The number of hydrogen-bond donors (Lipinski definition) is 1. The standard InChI is InChI=1S/C31H32N4O3S/c1-21-10-12-24(13-11-21)19-35(28(36)20-39-31-32-22(2)18-23(3)33-31)29(25-8-6-5-7-9-25)30(37)34-26-14-16-27(38-4)17-15-26/h5-18,29H,19-20H2,1-4H3,(H,34,37)/t29-/m1/s1. The lowest BCUT2D eigenvalue weighted by molar-refractivity contribution is -0.137. The first kappa shape index (κ1) is 27.9. The highest BCUT2D eigenvalue weighted by Crippen LogP contribution is 2.28. The second-order valence-electron chi connectivity index (χ2n) is 9.26. The van der Waals surface area contributed by atoms with Gasteiger partial charge in [0.1, 0.15) is 11.8 Å².